The van der Waals surface area contributed by atoms with E-state index in [1.807, 2.05) is 6.07 Å². The maximum atomic E-state index is 13.4. The molecule has 3 heteroatoms. The van der Waals surface area contributed by atoms with Crippen LogP contribution in [0.25, 0.3) is 0 Å². The van der Waals surface area contributed by atoms with E-state index >= 15 is 0 Å². The minimum atomic E-state index is -0.239. The standard InChI is InChI=1S/C13H15FO2/c1-16-11-3-9(2-10(14)4-11)13-5-12(6-13,7-13)8-15/h2-4,15H,5-8H2,1H3. The summed E-state index contributed by atoms with van der Waals surface area (Å²) < 4.78 is 18.4. The second-order valence-electron chi connectivity index (χ2n) is 5.35. The highest BCUT2D eigenvalue weighted by Gasteiger charge is 2.67. The normalized spacial score (nSPS) is 35.2. The molecule has 0 spiro atoms. The van der Waals surface area contributed by atoms with Crippen molar-refractivity contribution in [3.05, 3.63) is 29.6 Å². The molecule has 16 heavy (non-hydrogen) atoms. The van der Waals surface area contributed by atoms with Crippen LogP contribution in [0, 0.1) is 11.2 Å². The van der Waals surface area contributed by atoms with Crippen molar-refractivity contribution in [1.29, 1.82) is 0 Å². The van der Waals surface area contributed by atoms with E-state index in [-0.39, 0.29) is 23.3 Å². The Bertz CT molecular complexity index is 422. The number of rotatable bonds is 3. The van der Waals surface area contributed by atoms with Crippen molar-refractivity contribution in [3.8, 4) is 5.75 Å². The number of benzene rings is 1. The summed E-state index contributed by atoms with van der Waals surface area (Å²) in [5.41, 5.74) is 1.30. The van der Waals surface area contributed by atoms with Crippen LogP contribution in [0.5, 0.6) is 5.75 Å². The van der Waals surface area contributed by atoms with Gasteiger partial charge in [0.25, 0.3) is 0 Å². The number of halogens is 1. The summed E-state index contributed by atoms with van der Waals surface area (Å²) in [5, 5.41) is 9.20. The van der Waals surface area contributed by atoms with Crippen LogP contribution in [0.2, 0.25) is 0 Å². The van der Waals surface area contributed by atoms with Gasteiger partial charge in [-0.3, -0.25) is 0 Å². The largest absolute Gasteiger partial charge is 0.497 e. The molecule has 0 radical (unpaired) electrons. The van der Waals surface area contributed by atoms with E-state index in [0.717, 1.165) is 24.8 Å². The second-order valence-corrected chi connectivity index (χ2v) is 5.35. The van der Waals surface area contributed by atoms with Crippen LogP contribution in [0.3, 0.4) is 0 Å². The topological polar surface area (TPSA) is 29.5 Å². The molecule has 0 amide bonds. The molecule has 0 aliphatic heterocycles. The monoisotopic (exact) mass is 222 g/mol. The third-order valence-electron chi connectivity index (χ3n) is 4.19. The average Bonchev–Trinajstić information content (AvgIpc) is 2.13. The smallest absolute Gasteiger partial charge is 0.127 e. The predicted molar refractivity (Wildman–Crippen MR) is 58.0 cm³/mol. The van der Waals surface area contributed by atoms with Gasteiger partial charge in [-0.2, -0.15) is 0 Å². The summed E-state index contributed by atoms with van der Waals surface area (Å²) in [4.78, 5) is 0. The van der Waals surface area contributed by atoms with Gasteiger partial charge in [-0.15, -0.1) is 0 Å². The lowest BCUT2D eigenvalue weighted by Crippen LogP contribution is -2.66. The van der Waals surface area contributed by atoms with Gasteiger partial charge in [0.15, 0.2) is 0 Å². The number of hydrogen-bond acceptors (Lipinski definition) is 2. The van der Waals surface area contributed by atoms with Gasteiger partial charge < -0.3 is 9.84 Å². The van der Waals surface area contributed by atoms with Crippen LogP contribution >= 0.6 is 0 Å². The van der Waals surface area contributed by atoms with Crippen LogP contribution in [-0.4, -0.2) is 18.8 Å². The molecule has 3 saturated carbocycles. The first-order chi connectivity index (χ1) is 7.61. The number of ether oxygens (including phenoxy) is 1. The van der Waals surface area contributed by atoms with E-state index in [1.165, 1.54) is 6.07 Å². The minimum Gasteiger partial charge on any atom is -0.497 e. The lowest BCUT2D eigenvalue weighted by Gasteiger charge is -2.70. The van der Waals surface area contributed by atoms with Crippen molar-refractivity contribution >= 4 is 0 Å². The summed E-state index contributed by atoms with van der Waals surface area (Å²) in [7, 11) is 1.55. The fraction of sp³-hybridized carbons (Fsp3) is 0.538. The first kappa shape index (κ1) is 10.1. The number of hydrogen-bond donors (Lipinski definition) is 1. The Morgan fingerprint density at radius 1 is 1.31 bits per heavy atom. The van der Waals surface area contributed by atoms with Crippen molar-refractivity contribution in [2.75, 3.05) is 13.7 Å². The van der Waals surface area contributed by atoms with E-state index in [0.29, 0.717) is 5.75 Å². The van der Waals surface area contributed by atoms with Gasteiger partial charge >= 0.3 is 0 Å². The molecular formula is C13H15FO2. The molecule has 3 aliphatic rings. The molecule has 3 fully saturated rings. The van der Waals surface area contributed by atoms with E-state index in [9.17, 15) is 9.50 Å². The zero-order chi connectivity index (χ0) is 11.4. The van der Waals surface area contributed by atoms with Crippen molar-refractivity contribution in [2.24, 2.45) is 5.41 Å². The number of methoxy groups -OCH3 is 1. The van der Waals surface area contributed by atoms with E-state index in [4.69, 9.17) is 4.74 Å². The summed E-state index contributed by atoms with van der Waals surface area (Å²) in [6.45, 7) is 0.265. The lowest BCUT2D eigenvalue weighted by atomic mass is 9.34. The van der Waals surface area contributed by atoms with Gasteiger partial charge in [-0.1, -0.05) is 0 Å². The van der Waals surface area contributed by atoms with Gasteiger partial charge in [0, 0.05) is 12.7 Å². The van der Waals surface area contributed by atoms with Gasteiger partial charge in [0.2, 0.25) is 0 Å². The molecule has 2 bridgehead atoms. The summed E-state index contributed by atoms with van der Waals surface area (Å²) in [6, 6.07) is 4.92. The molecule has 1 aromatic carbocycles. The summed E-state index contributed by atoms with van der Waals surface area (Å²) in [6.07, 6.45) is 2.97. The van der Waals surface area contributed by atoms with Gasteiger partial charge in [0.05, 0.1) is 7.11 Å². The third-order valence-corrected chi connectivity index (χ3v) is 4.19. The Morgan fingerprint density at radius 3 is 2.56 bits per heavy atom. The van der Waals surface area contributed by atoms with Crippen LogP contribution < -0.4 is 4.74 Å². The molecule has 0 heterocycles. The van der Waals surface area contributed by atoms with Crippen molar-refractivity contribution < 1.29 is 14.2 Å². The predicted octanol–water partition coefficient (Wildman–Crippen LogP) is 2.25. The minimum absolute atomic E-state index is 0.123. The molecular weight excluding hydrogens is 207 g/mol. The molecule has 86 valence electrons. The van der Waals surface area contributed by atoms with E-state index < -0.39 is 0 Å². The van der Waals surface area contributed by atoms with E-state index in [2.05, 4.69) is 0 Å². The molecule has 0 atom stereocenters. The van der Waals surface area contributed by atoms with Crippen LogP contribution in [-0.2, 0) is 5.41 Å². The van der Waals surface area contributed by atoms with Gasteiger partial charge in [0.1, 0.15) is 11.6 Å². The second kappa shape index (κ2) is 2.98. The highest BCUT2D eigenvalue weighted by Crippen LogP contribution is 2.73. The summed E-state index contributed by atoms with van der Waals surface area (Å²) >= 11 is 0. The average molecular weight is 222 g/mol. The first-order valence-corrected chi connectivity index (χ1v) is 5.57. The maximum Gasteiger partial charge on any atom is 0.127 e. The summed E-state index contributed by atoms with van der Waals surface area (Å²) in [5.74, 6) is 0.342. The van der Waals surface area contributed by atoms with Crippen molar-refractivity contribution in [2.45, 2.75) is 24.7 Å². The fourth-order valence-electron chi connectivity index (χ4n) is 3.46. The Morgan fingerprint density at radius 2 is 2.00 bits per heavy atom. The number of aliphatic hydroxyl groups excluding tert-OH is 1. The Hall–Kier alpha value is -1.09. The zero-order valence-corrected chi connectivity index (χ0v) is 9.29. The zero-order valence-electron chi connectivity index (χ0n) is 9.29. The Kier molecular flexibility index (Phi) is 1.88. The molecule has 0 aromatic heterocycles. The van der Waals surface area contributed by atoms with Crippen LogP contribution in [0.1, 0.15) is 24.8 Å². The molecule has 2 nitrogen and oxygen atoms in total. The van der Waals surface area contributed by atoms with Gasteiger partial charge in [-0.05, 0) is 47.8 Å². The maximum absolute atomic E-state index is 13.4. The van der Waals surface area contributed by atoms with Crippen LogP contribution in [0.15, 0.2) is 18.2 Å². The molecule has 4 rings (SSSR count). The highest BCUT2D eigenvalue weighted by atomic mass is 19.1. The van der Waals surface area contributed by atoms with Crippen molar-refractivity contribution in [3.63, 3.8) is 0 Å². The SMILES string of the molecule is COc1cc(F)cc(C23CC(CO)(C2)C3)c1. The Balaban J connectivity index is 1.89. The van der Waals surface area contributed by atoms with Crippen molar-refractivity contribution in [1.82, 2.24) is 0 Å². The third kappa shape index (κ3) is 1.15. The molecule has 1 N–H and O–H groups in total. The molecule has 3 aliphatic carbocycles. The quantitative estimate of drug-likeness (QED) is 0.850. The molecule has 1 aromatic rings. The molecule has 0 saturated heterocycles. The lowest BCUT2D eigenvalue weighted by molar-refractivity contribution is -0.168. The molecule has 0 unspecified atom stereocenters. The first-order valence-electron chi connectivity index (χ1n) is 5.57. The fourth-order valence-corrected chi connectivity index (χ4v) is 3.46. The Labute approximate surface area is 94.0 Å². The van der Waals surface area contributed by atoms with Crippen LogP contribution in [0.4, 0.5) is 4.39 Å². The number of aliphatic hydroxyl groups is 1. The van der Waals surface area contributed by atoms with E-state index in [1.54, 1.807) is 13.2 Å². The van der Waals surface area contributed by atoms with Gasteiger partial charge in [-0.25, -0.2) is 4.39 Å². The highest BCUT2D eigenvalue weighted by molar-refractivity contribution is 5.42.